The van der Waals surface area contributed by atoms with Gasteiger partial charge in [-0.2, -0.15) is 0 Å². The lowest BCUT2D eigenvalue weighted by Gasteiger charge is -2.09. The van der Waals surface area contributed by atoms with Crippen LogP contribution in [-0.4, -0.2) is 29.6 Å². The lowest BCUT2D eigenvalue weighted by atomic mass is 10.2. The highest BCUT2D eigenvalue weighted by Gasteiger charge is 2.28. The number of esters is 1. The molecule has 1 amide bonds. The zero-order chi connectivity index (χ0) is 14.5. The fourth-order valence-corrected chi connectivity index (χ4v) is 1.67. The molecule has 106 valence electrons. The average molecular weight is 280 g/mol. The Morgan fingerprint density at radius 3 is 2.70 bits per heavy atom. The van der Waals surface area contributed by atoms with Gasteiger partial charge in [0.15, 0.2) is 0 Å². The van der Waals surface area contributed by atoms with Gasteiger partial charge in [-0.3, -0.25) is 10.1 Å². The molecule has 1 aromatic carbocycles. The third-order valence-electron chi connectivity index (χ3n) is 2.74. The molecular formula is C12H12N2O6. The number of nitro benzene ring substituents is 1. The number of ether oxygens (including phenoxy) is 2. The van der Waals surface area contributed by atoms with Crippen LogP contribution in [0, 0.1) is 10.1 Å². The van der Waals surface area contributed by atoms with Crippen LogP contribution in [0.4, 0.5) is 10.5 Å². The number of hydrogen-bond acceptors (Lipinski definition) is 6. The Bertz CT molecular complexity index is 527. The Balaban J connectivity index is 1.81. The summed E-state index contributed by atoms with van der Waals surface area (Å²) in [7, 11) is 0. The lowest BCUT2D eigenvalue weighted by molar-refractivity contribution is -0.384. The van der Waals surface area contributed by atoms with E-state index in [0.717, 1.165) is 0 Å². The minimum Gasteiger partial charge on any atom is -0.464 e. The first-order chi connectivity index (χ1) is 9.56. The van der Waals surface area contributed by atoms with E-state index in [9.17, 15) is 19.7 Å². The maximum absolute atomic E-state index is 11.4. The van der Waals surface area contributed by atoms with Gasteiger partial charge in [-0.1, -0.05) is 0 Å². The fourth-order valence-electron chi connectivity index (χ4n) is 1.67. The first-order valence-corrected chi connectivity index (χ1v) is 5.89. The normalized spacial score (nSPS) is 17.4. The first kappa shape index (κ1) is 13.8. The minimum absolute atomic E-state index is 0.0353. The molecule has 0 unspecified atom stereocenters. The van der Waals surface area contributed by atoms with Crippen LogP contribution in [0.1, 0.15) is 12.0 Å². The molecule has 0 spiro atoms. The van der Waals surface area contributed by atoms with Crippen LogP contribution in [-0.2, 0) is 20.9 Å². The van der Waals surface area contributed by atoms with Crippen molar-refractivity contribution >= 4 is 17.7 Å². The van der Waals surface area contributed by atoms with E-state index in [1.54, 1.807) is 0 Å². The van der Waals surface area contributed by atoms with Gasteiger partial charge in [0, 0.05) is 18.6 Å². The van der Waals surface area contributed by atoms with Gasteiger partial charge < -0.3 is 14.8 Å². The van der Waals surface area contributed by atoms with Crippen molar-refractivity contribution in [1.82, 2.24) is 5.32 Å². The van der Waals surface area contributed by atoms with Gasteiger partial charge in [0.2, 0.25) is 0 Å². The van der Waals surface area contributed by atoms with Crippen molar-refractivity contribution in [2.75, 3.05) is 6.61 Å². The van der Waals surface area contributed by atoms with Crippen molar-refractivity contribution < 1.29 is 24.0 Å². The molecule has 20 heavy (non-hydrogen) atoms. The van der Waals surface area contributed by atoms with Crippen LogP contribution < -0.4 is 5.32 Å². The standard InChI is InChI=1S/C12H12N2O6/c15-11-10(5-6-19-11)13-12(16)20-7-8-1-3-9(4-2-8)14(17)18/h1-4,10H,5-7H2,(H,13,16)/t10-/m0/s1. The Labute approximate surface area is 113 Å². The summed E-state index contributed by atoms with van der Waals surface area (Å²) < 4.78 is 9.60. The summed E-state index contributed by atoms with van der Waals surface area (Å²) in [6, 6.07) is 4.97. The van der Waals surface area contributed by atoms with Crippen LogP contribution in [0.15, 0.2) is 24.3 Å². The number of benzene rings is 1. The van der Waals surface area contributed by atoms with Gasteiger partial charge in [0.25, 0.3) is 5.69 Å². The molecular weight excluding hydrogens is 268 g/mol. The van der Waals surface area contributed by atoms with Crippen molar-refractivity contribution in [3.63, 3.8) is 0 Å². The monoisotopic (exact) mass is 280 g/mol. The number of amides is 1. The molecule has 1 aliphatic rings. The van der Waals surface area contributed by atoms with Crippen LogP contribution in [0.25, 0.3) is 0 Å². The zero-order valence-corrected chi connectivity index (χ0v) is 10.4. The van der Waals surface area contributed by atoms with Crippen LogP contribution >= 0.6 is 0 Å². The highest BCUT2D eigenvalue weighted by molar-refractivity contribution is 5.82. The molecule has 1 saturated heterocycles. The second kappa shape index (κ2) is 6.00. The summed E-state index contributed by atoms with van der Waals surface area (Å²) in [5.74, 6) is -0.475. The van der Waals surface area contributed by atoms with E-state index in [-0.39, 0.29) is 18.9 Å². The molecule has 8 heteroatoms. The third-order valence-corrected chi connectivity index (χ3v) is 2.74. The maximum Gasteiger partial charge on any atom is 0.408 e. The van der Waals surface area contributed by atoms with Gasteiger partial charge in [-0.25, -0.2) is 9.59 Å². The SMILES string of the molecule is O=C(N[C@H]1CCOC1=O)OCc1ccc([N+](=O)[O-])cc1. The molecule has 0 bridgehead atoms. The number of nitrogens with one attached hydrogen (secondary N) is 1. The quantitative estimate of drug-likeness (QED) is 0.503. The van der Waals surface area contributed by atoms with E-state index in [0.29, 0.717) is 12.0 Å². The van der Waals surface area contributed by atoms with E-state index in [4.69, 9.17) is 9.47 Å². The Morgan fingerprint density at radius 1 is 1.45 bits per heavy atom. The number of non-ortho nitro benzene ring substituents is 1. The van der Waals surface area contributed by atoms with Crippen molar-refractivity contribution in [2.45, 2.75) is 19.1 Å². The number of nitro groups is 1. The summed E-state index contributed by atoms with van der Waals surface area (Å²) >= 11 is 0. The largest absolute Gasteiger partial charge is 0.464 e. The van der Waals surface area contributed by atoms with Crippen molar-refractivity contribution in [2.24, 2.45) is 0 Å². The van der Waals surface area contributed by atoms with Crippen LogP contribution in [0.3, 0.4) is 0 Å². The van der Waals surface area contributed by atoms with Crippen LogP contribution in [0.5, 0.6) is 0 Å². The van der Waals surface area contributed by atoms with E-state index < -0.39 is 23.0 Å². The molecule has 0 aliphatic carbocycles. The maximum atomic E-state index is 11.4. The second-order valence-electron chi connectivity index (χ2n) is 4.15. The highest BCUT2D eigenvalue weighted by Crippen LogP contribution is 2.12. The van der Waals surface area contributed by atoms with Gasteiger partial charge in [0.05, 0.1) is 11.5 Å². The number of nitrogens with zero attached hydrogens (tertiary/aromatic N) is 1. The van der Waals surface area contributed by atoms with Crippen molar-refractivity contribution in [3.05, 3.63) is 39.9 Å². The molecule has 1 atom stereocenters. The van der Waals surface area contributed by atoms with Crippen molar-refractivity contribution in [1.29, 1.82) is 0 Å². The van der Waals surface area contributed by atoms with Gasteiger partial charge >= 0.3 is 12.1 Å². The molecule has 1 heterocycles. The predicted octanol–water partition coefficient (Wildman–Crippen LogP) is 1.14. The lowest BCUT2D eigenvalue weighted by Crippen LogP contribution is -2.38. The van der Waals surface area contributed by atoms with E-state index in [1.807, 2.05) is 0 Å². The Morgan fingerprint density at radius 2 is 2.15 bits per heavy atom. The number of carbonyl (C=O) groups is 2. The number of alkyl carbamates (subject to hydrolysis) is 1. The Kier molecular flexibility index (Phi) is 4.14. The highest BCUT2D eigenvalue weighted by atomic mass is 16.6. The predicted molar refractivity (Wildman–Crippen MR) is 65.8 cm³/mol. The molecule has 1 N–H and O–H groups in total. The molecule has 0 aromatic heterocycles. The number of hydrogen-bond donors (Lipinski definition) is 1. The van der Waals surface area contributed by atoms with Crippen molar-refractivity contribution in [3.8, 4) is 0 Å². The topological polar surface area (TPSA) is 108 Å². The summed E-state index contributed by atoms with van der Waals surface area (Å²) in [4.78, 5) is 32.5. The fraction of sp³-hybridized carbons (Fsp3) is 0.333. The van der Waals surface area contributed by atoms with Gasteiger partial charge in [-0.05, 0) is 17.7 Å². The summed E-state index contributed by atoms with van der Waals surface area (Å²) in [6.07, 6.45) is -0.307. The summed E-state index contributed by atoms with van der Waals surface area (Å²) in [5.41, 5.74) is 0.576. The molecule has 0 saturated carbocycles. The Hall–Kier alpha value is -2.64. The minimum atomic E-state index is -0.729. The number of cyclic esters (lactones) is 1. The van der Waals surface area contributed by atoms with Gasteiger partial charge in [0.1, 0.15) is 12.6 Å². The number of carbonyl (C=O) groups excluding carboxylic acids is 2. The van der Waals surface area contributed by atoms with Crippen LogP contribution in [0.2, 0.25) is 0 Å². The van der Waals surface area contributed by atoms with E-state index >= 15 is 0 Å². The molecule has 2 rings (SSSR count). The molecule has 1 aromatic rings. The smallest absolute Gasteiger partial charge is 0.408 e. The van der Waals surface area contributed by atoms with E-state index in [2.05, 4.69) is 5.32 Å². The first-order valence-electron chi connectivity index (χ1n) is 5.89. The molecule has 0 radical (unpaired) electrons. The third kappa shape index (κ3) is 3.44. The second-order valence-corrected chi connectivity index (χ2v) is 4.15. The molecule has 1 aliphatic heterocycles. The average Bonchev–Trinajstić information content (AvgIpc) is 2.82. The zero-order valence-electron chi connectivity index (χ0n) is 10.4. The van der Waals surface area contributed by atoms with Gasteiger partial charge in [-0.15, -0.1) is 0 Å². The summed E-state index contributed by atoms with van der Waals surface area (Å²) in [6.45, 7) is 0.248. The molecule has 8 nitrogen and oxygen atoms in total. The number of rotatable bonds is 4. The van der Waals surface area contributed by atoms with E-state index in [1.165, 1.54) is 24.3 Å². The molecule has 1 fully saturated rings. The summed E-state index contributed by atoms with van der Waals surface area (Å²) in [5, 5.41) is 12.9.